The topological polar surface area (TPSA) is 6.48 Å². The summed E-state index contributed by atoms with van der Waals surface area (Å²) < 4.78 is 0. The van der Waals surface area contributed by atoms with E-state index in [4.69, 9.17) is 0 Å². The van der Waals surface area contributed by atoms with Gasteiger partial charge < -0.3 is 9.80 Å². The van der Waals surface area contributed by atoms with Gasteiger partial charge in [0.05, 0.1) is 0 Å². The molecule has 2 aliphatic rings. The summed E-state index contributed by atoms with van der Waals surface area (Å²) in [6, 6.07) is 0. The number of hydrogen-bond acceptors (Lipinski definition) is 2. The molecule has 2 rings (SSSR count). The minimum atomic E-state index is 0.661. The second kappa shape index (κ2) is 5.36. The van der Waals surface area contributed by atoms with Crippen LogP contribution in [0.4, 0.5) is 0 Å². The van der Waals surface area contributed by atoms with Gasteiger partial charge in [0.25, 0.3) is 0 Å². The Hall–Kier alpha value is 0.400. The SMILES string of the molecule is CN(C)CC1CCN(CC2(CBr)CC2)CC1. The van der Waals surface area contributed by atoms with E-state index >= 15 is 0 Å². The summed E-state index contributed by atoms with van der Waals surface area (Å²) in [4.78, 5) is 5.03. The second-order valence-corrected chi connectivity index (χ2v) is 6.68. The molecule has 0 aromatic heterocycles. The lowest BCUT2D eigenvalue weighted by Crippen LogP contribution is -2.40. The van der Waals surface area contributed by atoms with Crippen LogP contribution in [0.2, 0.25) is 0 Å². The first-order chi connectivity index (χ1) is 7.63. The van der Waals surface area contributed by atoms with Crippen LogP contribution in [0.5, 0.6) is 0 Å². The summed E-state index contributed by atoms with van der Waals surface area (Å²) in [7, 11) is 4.38. The lowest BCUT2D eigenvalue weighted by atomic mass is 9.95. The number of alkyl halides is 1. The molecule has 0 aromatic rings. The third kappa shape index (κ3) is 3.44. The molecule has 16 heavy (non-hydrogen) atoms. The molecule has 2 fully saturated rings. The van der Waals surface area contributed by atoms with Gasteiger partial charge in [0.2, 0.25) is 0 Å². The van der Waals surface area contributed by atoms with Gasteiger partial charge in [-0.3, -0.25) is 0 Å². The molecule has 1 saturated heterocycles. The highest BCUT2D eigenvalue weighted by molar-refractivity contribution is 9.09. The highest BCUT2D eigenvalue weighted by Crippen LogP contribution is 2.47. The van der Waals surface area contributed by atoms with Crippen molar-refractivity contribution in [2.45, 2.75) is 25.7 Å². The highest BCUT2D eigenvalue weighted by Gasteiger charge is 2.43. The Morgan fingerprint density at radius 1 is 1.25 bits per heavy atom. The zero-order valence-corrected chi connectivity index (χ0v) is 12.3. The predicted octanol–water partition coefficient (Wildman–Crippen LogP) is 2.44. The fraction of sp³-hybridized carbons (Fsp3) is 1.00. The summed E-state index contributed by atoms with van der Waals surface area (Å²) >= 11 is 3.67. The van der Waals surface area contributed by atoms with Gasteiger partial charge in [-0.15, -0.1) is 0 Å². The zero-order chi connectivity index (χ0) is 11.6. The van der Waals surface area contributed by atoms with Gasteiger partial charge in [-0.05, 0) is 64.2 Å². The molecule has 0 atom stereocenters. The molecule has 1 heterocycles. The lowest BCUT2D eigenvalue weighted by Gasteiger charge is -2.35. The largest absolute Gasteiger partial charge is 0.309 e. The van der Waals surface area contributed by atoms with Crippen LogP contribution in [0.3, 0.4) is 0 Å². The lowest BCUT2D eigenvalue weighted by molar-refractivity contribution is 0.143. The van der Waals surface area contributed by atoms with Crippen molar-refractivity contribution >= 4 is 15.9 Å². The molecule has 3 heteroatoms. The maximum absolute atomic E-state index is 3.67. The minimum absolute atomic E-state index is 0.661. The van der Waals surface area contributed by atoms with Crippen LogP contribution >= 0.6 is 15.9 Å². The van der Waals surface area contributed by atoms with Crippen molar-refractivity contribution in [1.82, 2.24) is 9.80 Å². The molecule has 0 amide bonds. The smallest absolute Gasteiger partial charge is 0.0100 e. The Kier molecular flexibility index (Phi) is 4.31. The van der Waals surface area contributed by atoms with Gasteiger partial charge in [-0.1, -0.05) is 15.9 Å². The molecule has 94 valence electrons. The predicted molar refractivity (Wildman–Crippen MR) is 73.2 cm³/mol. The van der Waals surface area contributed by atoms with Crippen LogP contribution in [-0.4, -0.2) is 55.4 Å². The van der Waals surface area contributed by atoms with E-state index in [0.717, 1.165) is 5.92 Å². The van der Waals surface area contributed by atoms with Crippen LogP contribution in [0, 0.1) is 11.3 Å². The third-order valence-electron chi connectivity index (χ3n) is 4.13. The van der Waals surface area contributed by atoms with E-state index in [0.29, 0.717) is 5.41 Å². The monoisotopic (exact) mass is 288 g/mol. The van der Waals surface area contributed by atoms with Crippen LogP contribution in [0.25, 0.3) is 0 Å². The highest BCUT2D eigenvalue weighted by atomic mass is 79.9. The average molecular weight is 289 g/mol. The van der Waals surface area contributed by atoms with Crippen LogP contribution in [-0.2, 0) is 0 Å². The summed E-state index contributed by atoms with van der Waals surface area (Å²) in [5.74, 6) is 0.936. The van der Waals surface area contributed by atoms with Gasteiger partial charge in [-0.2, -0.15) is 0 Å². The number of nitrogens with zero attached hydrogens (tertiary/aromatic N) is 2. The van der Waals surface area contributed by atoms with Crippen LogP contribution < -0.4 is 0 Å². The number of halogens is 1. The first kappa shape index (κ1) is 12.8. The molecule has 2 nitrogen and oxygen atoms in total. The van der Waals surface area contributed by atoms with Crippen molar-refractivity contribution in [3.05, 3.63) is 0 Å². The summed E-state index contributed by atoms with van der Waals surface area (Å²) in [5, 5.41) is 1.21. The third-order valence-corrected chi connectivity index (χ3v) is 5.32. The van der Waals surface area contributed by atoms with Crippen molar-refractivity contribution in [1.29, 1.82) is 0 Å². The molecule has 1 aliphatic heterocycles. The number of hydrogen-bond donors (Lipinski definition) is 0. The normalized spacial score (nSPS) is 26.2. The van der Waals surface area contributed by atoms with Crippen LogP contribution in [0.15, 0.2) is 0 Å². The van der Waals surface area contributed by atoms with E-state index in [2.05, 4.69) is 39.8 Å². The Balaban J connectivity index is 1.69. The van der Waals surface area contributed by atoms with Crippen molar-refractivity contribution in [2.75, 3.05) is 45.6 Å². The molecule has 1 aliphatic carbocycles. The van der Waals surface area contributed by atoms with Crippen molar-refractivity contribution in [3.63, 3.8) is 0 Å². The van der Waals surface area contributed by atoms with E-state index < -0.39 is 0 Å². The summed E-state index contributed by atoms with van der Waals surface area (Å²) in [6.07, 6.45) is 5.68. The van der Waals surface area contributed by atoms with E-state index in [1.807, 2.05) is 0 Å². The first-order valence-electron chi connectivity index (χ1n) is 6.57. The molecule has 0 radical (unpaired) electrons. The summed E-state index contributed by atoms with van der Waals surface area (Å²) in [6.45, 7) is 5.27. The molecular formula is C13H25BrN2. The Labute approximate surface area is 108 Å². The molecule has 0 aromatic carbocycles. The molecule has 0 bridgehead atoms. The van der Waals surface area contributed by atoms with E-state index in [1.165, 1.54) is 57.2 Å². The molecular weight excluding hydrogens is 264 g/mol. The van der Waals surface area contributed by atoms with E-state index in [1.54, 1.807) is 0 Å². The fourth-order valence-electron chi connectivity index (χ4n) is 2.83. The average Bonchev–Trinajstić information content (AvgIpc) is 3.01. The first-order valence-corrected chi connectivity index (χ1v) is 7.69. The van der Waals surface area contributed by atoms with Gasteiger partial charge in [0.15, 0.2) is 0 Å². The second-order valence-electron chi connectivity index (χ2n) is 6.12. The molecule has 0 N–H and O–H groups in total. The van der Waals surface area contributed by atoms with Gasteiger partial charge in [0, 0.05) is 18.4 Å². The number of likely N-dealkylation sites (tertiary alicyclic amines) is 1. The Morgan fingerprint density at radius 2 is 1.88 bits per heavy atom. The number of rotatable bonds is 5. The Bertz CT molecular complexity index is 218. The Morgan fingerprint density at radius 3 is 2.31 bits per heavy atom. The molecule has 1 saturated carbocycles. The quantitative estimate of drug-likeness (QED) is 0.717. The maximum Gasteiger partial charge on any atom is 0.0100 e. The maximum atomic E-state index is 3.67. The number of piperidine rings is 1. The zero-order valence-electron chi connectivity index (χ0n) is 10.7. The van der Waals surface area contributed by atoms with E-state index in [-0.39, 0.29) is 0 Å². The van der Waals surface area contributed by atoms with Gasteiger partial charge in [-0.25, -0.2) is 0 Å². The minimum Gasteiger partial charge on any atom is -0.309 e. The fourth-order valence-corrected chi connectivity index (χ4v) is 3.57. The van der Waals surface area contributed by atoms with Gasteiger partial charge in [0.1, 0.15) is 0 Å². The van der Waals surface area contributed by atoms with Crippen molar-refractivity contribution < 1.29 is 0 Å². The standard InChI is InChI=1S/C13H25BrN2/c1-15(2)9-12-3-7-16(8-4-12)11-13(10-14)5-6-13/h12H,3-11H2,1-2H3. The van der Waals surface area contributed by atoms with Gasteiger partial charge >= 0.3 is 0 Å². The summed E-state index contributed by atoms with van der Waals surface area (Å²) in [5.41, 5.74) is 0.661. The van der Waals surface area contributed by atoms with Crippen molar-refractivity contribution in [3.8, 4) is 0 Å². The molecule has 0 spiro atoms. The molecule has 0 unspecified atom stereocenters. The van der Waals surface area contributed by atoms with E-state index in [9.17, 15) is 0 Å². The van der Waals surface area contributed by atoms with Crippen molar-refractivity contribution in [2.24, 2.45) is 11.3 Å². The van der Waals surface area contributed by atoms with Crippen LogP contribution in [0.1, 0.15) is 25.7 Å².